The van der Waals surface area contributed by atoms with Gasteiger partial charge in [0.2, 0.25) is 5.91 Å². The number of carboxylic acid groups (broad SMARTS) is 1. The van der Waals surface area contributed by atoms with Gasteiger partial charge in [-0.1, -0.05) is 29.8 Å². The minimum Gasteiger partial charge on any atom is -0.478 e. The molecule has 116 valence electrons. The second-order valence-electron chi connectivity index (χ2n) is 5.52. The second kappa shape index (κ2) is 8.14. The quantitative estimate of drug-likeness (QED) is 0.699. The minimum atomic E-state index is -1.04. The lowest BCUT2D eigenvalue weighted by Gasteiger charge is -2.16. The first-order valence-electron chi connectivity index (χ1n) is 6.85. The van der Waals surface area contributed by atoms with Gasteiger partial charge in [-0.2, -0.15) is 0 Å². The van der Waals surface area contributed by atoms with Crippen LogP contribution >= 0.6 is 15.9 Å². The molecule has 0 radical (unpaired) electrons. The zero-order valence-corrected chi connectivity index (χ0v) is 13.8. The molecule has 0 aliphatic heterocycles. The standard InChI is InChI=1S/C15H21BrN2O3/c1-9(2)3-10(8-17)4-14(19)18-13-6-11(15(20)21)5-12(16)7-13/h5-7,9-10H,3-4,8,17H2,1-2H3,(H,18,19)(H,20,21)/t10-/m0/s1. The fourth-order valence-corrected chi connectivity index (χ4v) is 2.68. The monoisotopic (exact) mass is 356 g/mol. The summed E-state index contributed by atoms with van der Waals surface area (Å²) in [6, 6.07) is 4.59. The van der Waals surface area contributed by atoms with Crippen LogP contribution in [0.1, 0.15) is 37.0 Å². The number of carbonyl (C=O) groups is 2. The maximum atomic E-state index is 12.0. The highest BCUT2D eigenvalue weighted by molar-refractivity contribution is 9.10. The van der Waals surface area contributed by atoms with Gasteiger partial charge in [-0.25, -0.2) is 4.79 Å². The molecule has 5 nitrogen and oxygen atoms in total. The Morgan fingerprint density at radius 1 is 1.33 bits per heavy atom. The van der Waals surface area contributed by atoms with E-state index >= 15 is 0 Å². The molecule has 4 N–H and O–H groups in total. The zero-order valence-electron chi connectivity index (χ0n) is 12.2. The molecular weight excluding hydrogens is 336 g/mol. The summed E-state index contributed by atoms with van der Waals surface area (Å²) in [5.41, 5.74) is 6.27. The number of aromatic carboxylic acids is 1. The molecule has 0 spiro atoms. The van der Waals surface area contributed by atoms with Crippen molar-refractivity contribution in [3.05, 3.63) is 28.2 Å². The third-order valence-corrected chi connectivity index (χ3v) is 3.50. The molecule has 0 bridgehead atoms. The lowest BCUT2D eigenvalue weighted by molar-refractivity contribution is -0.117. The molecular formula is C15H21BrN2O3. The highest BCUT2D eigenvalue weighted by Crippen LogP contribution is 2.21. The fourth-order valence-electron chi connectivity index (χ4n) is 2.19. The van der Waals surface area contributed by atoms with Crippen LogP contribution in [0.4, 0.5) is 5.69 Å². The number of nitrogens with two attached hydrogens (primary N) is 1. The van der Waals surface area contributed by atoms with Gasteiger partial charge in [0.25, 0.3) is 0 Å². The zero-order chi connectivity index (χ0) is 16.0. The maximum Gasteiger partial charge on any atom is 0.335 e. The van der Waals surface area contributed by atoms with Crippen molar-refractivity contribution in [2.75, 3.05) is 11.9 Å². The van der Waals surface area contributed by atoms with E-state index in [2.05, 4.69) is 35.1 Å². The molecule has 0 heterocycles. The van der Waals surface area contributed by atoms with Gasteiger partial charge in [-0.15, -0.1) is 0 Å². The van der Waals surface area contributed by atoms with E-state index in [0.29, 0.717) is 29.0 Å². The Balaban J connectivity index is 2.72. The van der Waals surface area contributed by atoms with Crippen molar-refractivity contribution in [3.8, 4) is 0 Å². The molecule has 1 amide bonds. The lowest BCUT2D eigenvalue weighted by atomic mass is 9.94. The average molecular weight is 357 g/mol. The van der Waals surface area contributed by atoms with Gasteiger partial charge in [0, 0.05) is 16.6 Å². The fraction of sp³-hybridized carbons (Fsp3) is 0.467. The number of carbonyl (C=O) groups excluding carboxylic acids is 1. The van der Waals surface area contributed by atoms with E-state index < -0.39 is 5.97 Å². The molecule has 1 rings (SSSR count). The van der Waals surface area contributed by atoms with E-state index in [9.17, 15) is 9.59 Å². The summed E-state index contributed by atoms with van der Waals surface area (Å²) in [7, 11) is 0. The number of anilines is 1. The molecule has 0 unspecified atom stereocenters. The Kier molecular flexibility index (Phi) is 6.84. The highest BCUT2D eigenvalue weighted by Gasteiger charge is 2.15. The normalized spacial score (nSPS) is 12.2. The molecule has 21 heavy (non-hydrogen) atoms. The molecule has 1 atom stereocenters. The number of hydrogen-bond donors (Lipinski definition) is 3. The summed E-state index contributed by atoms with van der Waals surface area (Å²) in [5, 5.41) is 11.7. The lowest BCUT2D eigenvalue weighted by Crippen LogP contribution is -2.23. The third-order valence-electron chi connectivity index (χ3n) is 3.04. The molecule has 0 aromatic heterocycles. The van der Waals surface area contributed by atoms with Crippen molar-refractivity contribution in [3.63, 3.8) is 0 Å². The van der Waals surface area contributed by atoms with Gasteiger partial charge >= 0.3 is 5.97 Å². The van der Waals surface area contributed by atoms with E-state index in [1.54, 1.807) is 6.07 Å². The summed E-state index contributed by atoms with van der Waals surface area (Å²) in [6.07, 6.45) is 1.23. The Morgan fingerprint density at radius 3 is 2.52 bits per heavy atom. The van der Waals surface area contributed by atoms with Gasteiger partial charge < -0.3 is 16.2 Å². The van der Waals surface area contributed by atoms with E-state index in [1.165, 1.54) is 12.1 Å². The number of hydrogen-bond acceptors (Lipinski definition) is 3. The van der Waals surface area contributed by atoms with Gasteiger partial charge in [-0.3, -0.25) is 4.79 Å². The first-order chi connectivity index (χ1) is 9.81. The first-order valence-corrected chi connectivity index (χ1v) is 7.65. The Labute approximate surface area is 133 Å². The summed E-state index contributed by atoms with van der Waals surface area (Å²) in [6.45, 7) is 4.65. The van der Waals surface area contributed by atoms with Crippen molar-refractivity contribution < 1.29 is 14.7 Å². The molecule has 1 aromatic rings. The van der Waals surface area contributed by atoms with Gasteiger partial charge in [-0.05, 0) is 43.0 Å². The van der Waals surface area contributed by atoms with E-state index in [-0.39, 0.29) is 17.4 Å². The Morgan fingerprint density at radius 2 is 2.00 bits per heavy atom. The van der Waals surface area contributed by atoms with Crippen LogP contribution in [0.3, 0.4) is 0 Å². The Hall–Kier alpha value is -1.40. The van der Waals surface area contributed by atoms with E-state index in [0.717, 1.165) is 6.42 Å². The third kappa shape index (κ3) is 6.27. The average Bonchev–Trinajstić information content (AvgIpc) is 2.36. The smallest absolute Gasteiger partial charge is 0.335 e. The van der Waals surface area contributed by atoms with Crippen molar-refractivity contribution in [1.82, 2.24) is 0 Å². The first kappa shape index (κ1) is 17.7. The van der Waals surface area contributed by atoms with Crippen molar-refractivity contribution in [2.24, 2.45) is 17.6 Å². The summed E-state index contributed by atoms with van der Waals surface area (Å²) < 4.78 is 0.607. The van der Waals surface area contributed by atoms with E-state index in [1.807, 2.05) is 0 Å². The molecule has 0 aliphatic carbocycles. The van der Waals surface area contributed by atoms with Crippen LogP contribution in [0.25, 0.3) is 0 Å². The molecule has 1 aromatic carbocycles. The molecule has 0 aliphatic rings. The molecule has 6 heteroatoms. The molecule has 0 saturated heterocycles. The summed E-state index contributed by atoms with van der Waals surface area (Å²) in [5.74, 6) is -0.570. The van der Waals surface area contributed by atoms with Crippen LogP contribution in [0, 0.1) is 11.8 Å². The highest BCUT2D eigenvalue weighted by atomic mass is 79.9. The largest absolute Gasteiger partial charge is 0.478 e. The number of nitrogens with one attached hydrogen (secondary N) is 1. The van der Waals surface area contributed by atoms with E-state index in [4.69, 9.17) is 10.8 Å². The minimum absolute atomic E-state index is 0.122. The maximum absolute atomic E-state index is 12.0. The second-order valence-corrected chi connectivity index (χ2v) is 6.43. The van der Waals surface area contributed by atoms with Crippen LogP contribution in [-0.4, -0.2) is 23.5 Å². The summed E-state index contributed by atoms with van der Waals surface area (Å²) >= 11 is 3.23. The number of halogens is 1. The topological polar surface area (TPSA) is 92.4 Å². The van der Waals surface area contributed by atoms with Crippen LogP contribution in [0.5, 0.6) is 0 Å². The van der Waals surface area contributed by atoms with Crippen molar-refractivity contribution in [2.45, 2.75) is 26.7 Å². The van der Waals surface area contributed by atoms with Gasteiger partial charge in [0.05, 0.1) is 5.56 Å². The SMILES string of the molecule is CC(C)C[C@H](CN)CC(=O)Nc1cc(Br)cc(C(=O)O)c1. The van der Waals surface area contributed by atoms with Crippen LogP contribution in [0.15, 0.2) is 22.7 Å². The van der Waals surface area contributed by atoms with Gasteiger partial charge in [0.15, 0.2) is 0 Å². The number of benzene rings is 1. The molecule has 0 saturated carbocycles. The number of carboxylic acids is 1. The van der Waals surface area contributed by atoms with Crippen molar-refractivity contribution in [1.29, 1.82) is 0 Å². The number of amides is 1. The van der Waals surface area contributed by atoms with Gasteiger partial charge in [0.1, 0.15) is 0 Å². The van der Waals surface area contributed by atoms with Crippen LogP contribution < -0.4 is 11.1 Å². The predicted octanol–water partition coefficient (Wildman–Crippen LogP) is 3.10. The summed E-state index contributed by atoms with van der Waals surface area (Å²) in [4.78, 5) is 23.0. The number of rotatable bonds is 7. The predicted molar refractivity (Wildman–Crippen MR) is 86.3 cm³/mol. The van der Waals surface area contributed by atoms with Crippen LogP contribution in [0.2, 0.25) is 0 Å². The molecule has 0 fully saturated rings. The van der Waals surface area contributed by atoms with Crippen LogP contribution in [-0.2, 0) is 4.79 Å². The van der Waals surface area contributed by atoms with Crippen molar-refractivity contribution >= 4 is 33.5 Å². The Bertz CT molecular complexity index is 518.